The van der Waals surface area contributed by atoms with Gasteiger partial charge in [0.15, 0.2) is 0 Å². The SMILES string of the molecule is C1=N/CCCN(Cc2cn(Cc3cccnc3)nn2)CCNCCCN(Cc2cn(Cc3cccnc3)nn2)C/1. The number of aliphatic imine (C=N–C) groups is 1. The van der Waals surface area contributed by atoms with E-state index in [1.807, 2.05) is 58.6 Å². The van der Waals surface area contributed by atoms with Crippen LogP contribution in [0.15, 0.2) is 66.4 Å². The van der Waals surface area contributed by atoms with Crippen molar-refractivity contribution in [2.45, 2.75) is 39.0 Å². The van der Waals surface area contributed by atoms with Gasteiger partial charge in [0.1, 0.15) is 0 Å². The second-order valence-electron chi connectivity index (χ2n) is 10.1. The summed E-state index contributed by atoms with van der Waals surface area (Å²) in [6, 6.07) is 7.99. The molecule has 12 heteroatoms. The molecule has 0 saturated heterocycles. The fourth-order valence-electron chi connectivity index (χ4n) is 4.74. The van der Waals surface area contributed by atoms with Gasteiger partial charge in [0.25, 0.3) is 0 Å². The van der Waals surface area contributed by atoms with Crippen LogP contribution in [0.25, 0.3) is 0 Å². The van der Waals surface area contributed by atoms with Crippen LogP contribution in [0.5, 0.6) is 0 Å². The van der Waals surface area contributed by atoms with Gasteiger partial charge in [-0.2, -0.15) is 0 Å². The summed E-state index contributed by atoms with van der Waals surface area (Å²) in [4.78, 5) is 17.9. The third-order valence-corrected chi connectivity index (χ3v) is 6.74. The van der Waals surface area contributed by atoms with Gasteiger partial charge in [-0.1, -0.05) is 22.6 Å². The third-order valence-electron chi connectivity index (χ3n) is 6.74. The molecule has 4 aromatic heterocycles. The van der Waals surface area contributed by atoms with Crippen LogP contribution < -0.4 is 5.32 Å². The molecule has 0 aliphatic carbocycles. The Balaban J connectivity index is 1.09. The van der Waals surface area contributed by atoms with Crippen LogP contribution in [0.3, 0.4) is 0 Å². The van der Waals surface area contributed by atoms with E-state index in [0.29, 0.717) is 13.1 Å². The van der Waals surface area contributed by atoms with Crippen LogP contribution in [0.1, 0.15) is 35.4 Å². The quantitative estimate of drug-likeness (QED) is 0.353. The second-order valence-corrected chi connectivity index (χ2v) is 10.1. The van der Waals surface area contributed by atoms with Gasteiger partial charge >= 0.3 is 0 Å². The van der Waals surface area contributed by atoms with E-state index < -0.39 is 0 Å². The van der Waals surface area contributed by atoms with Crippen LogP contribution in [0, 0.1) is 0 Å². The average Bonchev–Trinajstić information content (AvgIpc) is 3.61. The molecule has 0 unspecified atom stereocenters. The molecule has 0 atom stereocenters. The first kappa shape index (κ1) is 27.7. The molecule has 5 heterocycles. The minimum Gasteiger partial charge on any atom is -0.315 e. The summed E-state index contributed by atoms with van der Waals surface area (Å²) in [5.41, 5.74) is 4.19. The van der Waals surface area contributed by atoms with Crippen LogP contribution in [0.4, 0.5) is 0 Å². The van der Waals surface area contributed by atoms with Crippen LogP contribution in [-0.4, -0.2) is 102 Å². The zero-order chi connectivity index (χ0) is 27.2. The summed E-state index contributed by atoms with van der Waals surface area (Å²) in [6.45, 7) is 9.32. The van der Waals surface area contributed by atoms with Crippen molar-refractivity contribution in [3.05, 3.63) is 84.0 Å². The fraction of sp³-hybridized carbons (Fsp3) is 0.464. The lowest BCUT2D eigenvalue weighted by Crippen LogP contribution is -2.35. The Bertz CT molecular complexity index is 1290. The molecule has 40 heavy (non-hydrogen) atoms. The predicted molar refractivity (Wildman–Crippen MR) is 153 cm³/mol. The van der Waals surface area contributed by atoms with E-state index in [1.54, 1.807) is 12.4 Å². The lowest BCUT2D eigenvalue weighted by molar-refractivity contribution is 0.256. The van der Waals surface area contributed by atoms with Crippen molar-refractivity contribution in [2.75, 3.05) is 45.8 Å². The molecule has 210 valence electrons. The molecule has 12 nitrogen and oxygen atoms in total. The molecule has 1 aliphatic heterocycles. The van der Waals surface area contributed by atoms with Crippen molar-refractivity contribution in [1.29, 1.82) is 0 Å². The van der Waals surface area contributed by atoms with E-state index in [2.05, 4.69) is 51.8 Å². The molecule has 0 aromatic carbocycles. The van der Waals surface area contributed by atoms with E-state index in [9.17, 15) is 0 Å². The fourth-order valence-corrected chi connectivity index (χ4v) is 4.74. The molecule has 0 spiro atoms. The van der Waals surface area contributed by atoms with E-state index in [-0.39, 0.29) is 0 Å². The first-order valence-electron chi connectivity index (χ1n) is 14.0. The maximum absolute atomic E-state index is 4.71. The molecular weight excluding hydrogens is 504 g/mol. The lowest BCUT2D eigenvalue weighted by Gasteiger charge is -2.22. The maximum atomic E-state index is 4.71. The molecule has 0 bridgehead atoms. The van der Waals surface area contributed by atoms with Gasteiger partial charge in [0.2, 0.25) is 0 Å². The minimum absolute atomic E-state index is 0.674. The zero-order valence-corrected chi connectivity index (χ0v) is 23.0. The van der Waals surface area contributed by atoms with Crippen molar-refractivity contribution in [2.24, 2.45) is 4.99 Å². The molecule has 4 aromatic rings. The van der Waals surface area contributed by atoms with Gasteiger partial charge in [0.05, 0.1) is 36.9 Å². The Morgan fingerprint density at radius 2 is 1.35 bits per heavy atom. The second kappa shape index (κ2) is 15.1. The number of nitrogens with one attached hydrogen (secondary N) is 1. The lowest BCUT2D eigenvalue weighted by atomic mass is 10.3. The number of hydrogen-bond donors (Lipinski definition) is 1. The molecule has 0 fully saturated rings. The Morgan fingerprint density at radius 1 is 0.700 bits per heavy atom. The van der Waals surface area contributed by atoms with Crippen molar-refractivity contribution >= 4 is 6.21 Å². The van der Waals surface area contributed by atoms with Crippen molar-refractivity contribution in [1.82, 2.24) is 55.1 Å². The number of pyridine rings is 2. The van der Waals surface area contributed by atoms with Crippen molar-refractivity contribution in [3.8, 4) is 0 Å². The summed E-state index contributed by atoms with van der Waals surface area (Å²) in [5.74, 6) is 0. The number of aromatic nitrogens is 8. The van der Waals surface area contributed by atoms with E-state index >= 15 is 0 Å². The van der Waals surface area contributed by atoms with Gasteiger partial charge in [-0.05, 0) is 42.6 Å². The van der Waals surface area contributed by atoms with Gasteiger partial charge < -0.3 is 5.32 Å². The molecule has 0 saturated carbocycles. The average molecular weight is 543 g/mol. The number of nitrogens with zero attached hydrogens (tertiary/aromatic N) is 11. The highest BCUT2D eigenvalue weighted by atomic mass is 15.4. The summed E-state index contributed by atoms with van der Waals surface area (Å²) >= 11 is 0. The van der Waals surface area contributed by atoms with E-state index in [4.69, 9.17) is 4.99 Å². The topological polar surface area (TPSA) is 118 Å². The highest BCUT2D eigenvalue weighted by molar-refractivity contribution is 5.59. The largest absolute Gasteiger partial charge is 0.315 e. The van der Waals surface area contributed by atoms with Crippen LogP contribution >= 0.6 is 0 Å². The first-order chi connectivity index (χ1) is 19.8. The Labute approximate surface area is 235 Å². The molecule has 0 amide bonds. The van der Waals surface area contributed by atoms with Crippen LogP contribution in [0.2, 0.25) is 0 Å². The Hall–Kier alpha value is -3.87. The Morgan fingerprint density at radius 3 is 2.00 bits per heavy atom. The van der Waals surface area contributed by atoms with Gasteiger partial charge in [0, 0.05) is 83.4 Å². The summed E-state index contributed by atoms with van der Waals surface area (Å²) in [7, 11) is 0. The minimum atomic E-state index is 0.674. The summed E-state index contributed by atoms with van der Waals surface area (Å²) in [6.07, 6.45) is 15.5. The van der Waals surface area contributed by atoms with Crippen molar-refractivity contribution in [3.63, 3.8) is 0 Å². The molecule has 1 aliphatic rings. The normalized spacial score (nSPS) is 17.4. The Kier molecular flexibility index (Phi) is 10.4. The van der Waals surface area contributed by atoms with E-state index in [1.165, 1.54) is 0 Å². The first-order valence-corrected chi connectivity index (χ1v) is 14.0. The predicted octanol–water partition coefficient (Wildman–Crippen LogP) is 1.51. The molecule has 1 N–H and O–H groups in total. The highest BCUT2D eigenvalue weighted by Crippen LogP contribution is 2.07. The zero-order valence-electron chi connectivity index (χ0n) is 23.0. The summed E-state index contributed by atoms with van der Waals surface area (Å²) < 4.78 is 3.76. The maximum Gasteiger partial charge on any atom is 0.0967 e. The van der Waals surface area contributed by atoms with Gasteiger partial charge in [-0.25, -0.2) is 9.36 Å². The third kappa shape index (κ3) is 9.11. The smallest absolute Gasteiger partial charge is 0.0967 e. The summed E-state index contributed by atoms with van der Waals surface area (Å²) in [5, 5.41) is 21.1. The molecule has 5 rings (SSSR count). The van der Waals surface area contributed by atoms with Crippen molar-refractivity contribution < 1.29 is 0 Å². The van der Waals surface area contributed by atoms with Gasteiger partial charge in [-0.3, -0.25) is 24.8 Å². The van der Waals surface area contributed by atoms with Gasteiger partial charge in [-0.15, -0.1) is 10.2 Å². The monoisotopic (exact) mass is 542 g/mol. The standard InChI is InChI=1S/C28H38N12/c1-5-25(17-31-7-1)19-39-23-27(33-35-39)21-37-13-3-9-30-12-16-38(14-4-10-29-11-15-37)22-28-24-40(36-34-28)20-26-6-2-8-32-18-26/h1-2,5-8,11,17-18,23-24,30H,3-4,9-10,12-16,19-22H2/b29-11+. The number of rotatable bonds is 8. The van der Waals surface area contributed by atoms with E-state index in [0.717, 1.165) is 94.3 Å². The molecule has 0 radical (unpaired) electrons. The number of hydrogen-bond acceptors (Lipinski definition) is 10. The molecular formula is C28H38N12. The highest BCUT2D eigenvalue weighted by Gasteiger charge is 2.12. The van der Waals surface area contributed by atoms with Crippen LogP contribution in [-0.2, 0) is 26.2 Å².